The van der Waals surface area contributed by atoms with Crippen molar-refractivity contribution < 1.29 is 24.0 Å². The quantitative estimate of drug-likeness (QED) is 0.254. The molecule has 0 saturated heterocycles. The third-order valence-electron chi connectivity index (χ3n) is 0. The van der Waals surface area contributed by atoms with Gasteiger partial charge in [0.25, 0.3) is 0 Å². The van der Waals surface area contributed by atoms with Crippen molar-refractivity contribution in [3.8, 4) is 0 Å². The Morgan fingerprint density at radius 3 is 1.20 bits per heavy atom. The molecular formula is C3H10CaO5Si. The van der Waals surface area contributed by atoms with Crippen molar-refractivity contribution in [2.75, 3.05) is 0 Å². The second-order valence-corrected chi connectivity index (χ2v) is 2.00. The van der Waals surface area contributed by atoms with Crippen molar-refractivity contribution >= 4 is 53.1 Å². The van der Waals surface area contributed by atoms with E-state index in [4.69, 9.17) is 24.0 Å². The van der Waals surface area contributed by atoms with Gasteiger partial charge >= 0.3 is 46.8 Å². The molecule has 0 aliphatic carbocycles. The molecule has 4 N–H and O–H groups in total. The molecule has 0 fully saturated rings. The largest absolute Gasteiger partial charge is 2.00 e. The maximum absolute atomic E-state index is 8.68. The summed E-state index contributed by atoms with van der Waals surface area (Å²) in [5.74, 6) is 0. The van der Waals surface area contributed by atoms with Crippen LogP contribution in [0.2, 0.25) is 0 Å². The van der Waals surface area contributed by atoms with Crippen LogP contribution in [0.3, 0.4) is 0 Å². The Labute approximate surface area is 90.8 Å². The molecule has 0 radical (unpaired) electrons. The van der Waals surface area contributed by atoms with Crippen LogP contribution in [0.4, 0.5) is 0 Å². The van der Waals surface area contributed by atoms with Crippen LogP contribution in [0.5, 0.6) is 0 Å². The molecule has 0 rings (SSSR count). The monoisotopic (exact) mass is 194 g/mol. The van der Waals surface area contributed by atoms with Crippen LogP contribution in [-0.4, -0.2) is 72.3 Å². The zero-order chi connectivity index (χ0) is 7.21. The van der Waals surface area contributed by atoms with E-state index in [0.717, 1.165) is 0 Å². The summed E-state index contributed by atoms with van der Waals surface area (Å²) in [5, 5.41) is 0. The smallest absolute Gasteiger partial charge is 0.542 e. The average Bonchev–Trinajstić information content (AvgIpc) is 1.27. The predicted octanol–water partition coefficient (Wildman–Crippen LogP) is -2.42. The van der Waals surface area contributed by atoms with Crippen molar-refractivity contribution in [3.63, 3.8) is 0 Å². The van der Waals surface area contributed by atoms with Crippen molar-refractivity contribution in [1.29, 1.82) is 0 Å². The molecule has 7 heteroatoms. The molecule has 0 unspecified atom stereocenters. The average molecular weight is 194 g/mol. The molecule has 0 amide bonds. The summed E-state index contributed by atoms with van der Waals surface area (Å²) < 4.78 is 0. The van der Waals surface area contributed by atoms with Crippen LogP contribution in [0.1, 0.15) is 6.92 Å². The molecule has 10 heavy (non-hydrogen) atoms. The van der Waals surface area contributed by atoms with Gasteiger partial charge in [-0.15, -0.1) is 0 Å². The van der Waals surface area contributed by atoms with E-state index in [9.17, 15) is 0 Å². The SMILES string of the molecule is C[C-]=O.O[Si](O)(O)O.[CH3-].[Ca+2]. The zero-order valence-corrected chi connectivity index (χ0v) is 9.11. The minimum absolute atomic E-state index is 0. The van der Waals surface area contributed by atoms with Crippen molar-refractivity contribution in [2.24, 2.45) is 0 Å². The molecule has 0 heterocycles. The number of carbonyl (C=O) groups excluding carboxylic acids is 1. The molecule has 0 atom stereocenters. The van der Waals surface area contributed by atoms with E-state index in [0.29, 0.717) is 0 Å². The van der Waals surface area contributed by atoms with E-state index in [2.05, 4.69) is 0 Å². The van der Waals surface area contributed by atoms with E-state index in [1.54, 1.807) is 0 Å². The second-order valence-electron chi connectivity index (χ2n) is 0.804. The Kier molecular flexibility index (Phi) is 28.4. The number of hydrogen-bond acceptors (Lipinski definition) is 5. The van der Waals surface area contributed by atoms with Gasteiger partial charge in [0.15, 0.2) is 0 Å². The van der Waals surface area contributed by atoms with Crippen molar-refractivity contribution in [1.82, 2.24) is 0 Å². The molecule has 0 aromatic rings. The van der Waals surface area contributed by atoms with Crippen molar-refractivity contribution in [2.45, 2.75) is 6.92 Å². The first-order valence-corrected chi connectivity index (χ1v) is 3.39. The number of rotatable bonds is 0. The Morgan fingerprint density at radius 1 is 1.20 bits per heavy atom. The van der Waals surface area contributed by atoms with Gasteiger partial charge in [-0.3, -0.25) is 6.29 Å². The summed E-state index contributed by atoms with van der Waals surface area (Å²) in [7, 11) is -4.61. The summed E-state index contributed by atoms with van der Waals surface area (Å²) in [6.45, 7) is 1.32. The van der Waals surface area contributed by atoms with E-state index in [-0.39, 0.29) is 45.2 Å². The molecule has 0 aliphatic heterocycles. The summed E-state index contributed by atoms with van der Waals surface area (Å²) >= 11 is 0. The molecule has 0 aliphatic rings. The first-order valence-electron chi connectivity index (χ1n) is 1.60. The second kappa shape index (κ2) is 12.6. The van der Waals surface area contributed by atoms with E-state index < -0.39 is 9.05 Å². The standard InChI is InChI=1S/C2H3O.CH3.Ca.H4O4Si/c1-2-3;;;1-5(2,3)4/h1H3;1H3;;1-4H/q2*-1;+2;. The van der Waals surface area contributed by atoms with Gasteiger partial charge in [0.05, 0.1) is 0 Å². The molecule has 0 aromatic heterocycles. The molecule has 0 aromatic carbocycles. The van der Waals surface area contributed by atoms with Crippen LogP contribution in [0, 0.1) is 7.43 Å². The maximum atomic E-state index is 8.68. The topological polar surface area (TPSA) is 98.0 Å². The number of hydrogen-bond donors (Lipinski definition) is 4. The zero-order valence-electron chi connectivity index (χ0n) is 5.90. The molecule has 5 nitrogen and oxygen atoms in total. The Balaban J connectivity index is -0.0000000326. The van der Waals surface area contributed by atoms with Gasteiger partial charge < -0.3 is 31.4 Å². The van der Waals surface area contributed by atoms with Gasteiger partial charge in [0.1, 0.15) is 0 Å². The summed E-state index contributed by atoms with van der Waals surface area (Å²) in [6, 6.07) is 0. The van der Waals surface area contributed by atoms with Gasteiger partial charge in [-0.25, -0.2) is 0 Å². The van der Waals surface area contributed by atoms with E-state index >= 15 is 0 Å². The van der Waals surface area contributed by atoms with E-state index in [1.807, 2.05) is 0 Å². The molecular weight excluding hydrogens is 184 g/mol. The third-order valence-corrected chi connectivity index (χ3v) is 0. The van der Waals surface area contributed by atoms with Gasteiger partial charge in [0.2, 0.25) is 0 Å². The van der Waals surface area contributed by atoms with Gasteiger partial charge in [-0.05, 0) is 0 Å². The molecule has 0 bridgehead atoms. The van der Waals surface area contributed by atoms with Gasteiger partial charge in [0, 0.05) is 0 Å². The van der Waals surface area contributed by atoms with Crippen LogP contribution >= 0.6 is 0 Å². The Hall–Kier alpha value is 0.987. The van der Waals surface area contributed by atoms with Crippen LogP contribution in [-0.2, 0) is 4.79 Å². The Bertz CT molecular complexity index is 56.4. The first-order chi connectivity index (χ1) is 3.41. The fraction of sp³-hybridized carbons (Fsp3) is 0.333. The minimum Gasteiger partial charge on any atom is -0.542 e. The van der Waals surface area contributed by atoms with E-state index in [1.165, 1.54) is 13.2 Å². The fourth-order valence-electron chi connectivity index (χ4n) is 0. The first kappa shape index (κ1) is 22.4. The molecule has 0 saturated carbocycles. The summed E-state index contributed by atoms with van der Waals surface area (Å²) in [5.41, 5.74) is 0. The third kappa shape index (κ3) is 589. The molecule has 58 valence electrons. The summed E-state index contributed by atoms with van der Waals surface area (Å²) in [4.78, 5) is 38.0. The van der Waals surface area contributed by atoms with Crippen molar-refractivity contribution in [3.05, 3.63) is 7.43 Å². The Morgan fingerprint density at radius 2 is 1.20 bits per heavy atom. The molecule has 0 spiro atoms. The predicted molar refractivity (Wildman–Crippen MR) is 38.2 cm³/mol. The van der Waals surface area contributed by atoms with Crippen LogP contribution in [0.15, 0.2) is 0 Å². The van der Waals surface area contributed by atoms with Crippen LogP contribution < -0.4 is 0 Å². The van der Waals surface area contributed by atoms with Crippen LogP contribution in [0.25, 0.3) is 0 Å². The minimum atomic E-state index is -4.61. The maximum Gasteiger partial charge on any atom is 2.00 e. The summed E-state index contributed by atoms with van der Waals surface area (Å²) in [6.07, 6.45) is 1.50. The van der Waals surface area contributed by atoms with Gasteiger partial charge in [-0.1, -0.05) is 0 Å². The van der Waals surface area contributed by atoms with Gasteiger partial charge in [-0.2, -0.15) is 6.92 Å². The fourth-order valence-corrected chi connectivity index (χ4v) is 0. The normalized spacial score (nSPS) is 7.30.